The van der Waals surface area contributed by atoms with Crippen molar-refractivity contribution >= 4 is 0 Å². The largest absolute Gasteiger partial charge is 0.378 e. The van der Waals surface area contributed by atoms with Crippen molar-refractivity contribution in [1.82, 2.24) is 0 Å². The second-order valence-electron chi connectivity index (χ2n) is 7.10. The van der Waals surface area contributed by atoms with E-state index in [1.165, 1.54) is 51.4 Å². The summed E-state index contributed by atoms with van der Waals surface area (Å²) in [6.07, 6.45) is 12.3. The molecule has 3 nitrogen and oxygen atoms in total. The van der Waals surface area contributed by atoms with Crippen LogP contribution in [-0.4, -0.2) is 31.0 Å². The molecule has 1 saturated heterocycles. The third kappa shape index (κ3) is 2.70. The molecule has 2 N–H and O–H groups in total. The summed E-state index contributed by atoms with van der Waals surface area (Å²) in [7, 11) is 1.86. The van der Waals surface area contributed by atoms with Gasteiger partial charge in [-0.15, -0.1) is 0 Å². The van der Waals surface area contributed by atoms with Crippen molar-refractivity contribution in [3.8, 4) is 0 Å². The second-order valence-corrected chi connectivity index (χ2v) is 7.10. The minimum atomic E-state index is 0.112. The zero-order valence-electron chi connectivity index (χ0n) is 12.3. The van der Waals surface area contributed by atoms with Crippen molar-refractivity contribution in [2.45, 2.75) is 81.5 Å². The lowest BCUT2D eigenvalue weighted by atomic mass is 9.71. The first-order chi connectivity index (χ1) is 9.17. The van der Waals surface area contributed by atoms with Gasteiger partial charge in [-0.1, -0.05) is 12.8 Å². The first-order valence-corrected chi connectivity index (χ1v) is 8.12. The Labute approximate surface area is 117 Å². The highest BCUT2D eigenvalue weighted by Gasteiger charge is 2.44. The lowest BCUT2D eigenvalue weighted by Crippen LogP contribution is -2.49. The Hall–Kier alpha value is -0.120. The zero-order chi connectivity index (χ0) is 13.3. The third-order valence-corrected chi connectivity index (χ3v) is 5.96. The van der Waals surface area contributed by atoms with Crippen molar-refractivity contribution in [1.29, 1.82) is 0 Å². The van der Waals surface area contributed by atoms with Gasteiger partial charge in [0, 0.05) is 19.8 Å². The molecule has 3 fully saturated rings. The molecule has 0 radical (unpaired) electrons. The molecule has 2 saturated carbocycles. The van der Waals surface area contributed by atoms with Gasteiger partial charge in [0.1, 0.15) is 0 Å². The first-order valence-electron chi connectivity index (χ1n) is 8.12. The molecule has 3 rings (SSSR count). The lowest BCUT2D eigenvalue weighted by molar-refractivity contribution is -0.112. The van der Waals surface area contributed by atoms with Crippen LogP contribution in [0.5, 0.6) is 0 Å². The number of rotatable bonds is 4. The fourth-order valence-electron chi connectivity index (χ4n) is 4.46. The second kappa shape index (κ2) is 5.34. The SMILES string of the molecule is COC1(CC(N)C2CCOC3(CCCC3)C2)CCC1. The van der Waals surface area contributed by atoms with Gasteiger partial charge in [0.25, 0.3) is 0 Å². The quantitative estimate of drug-likeness (QED) is 0.851. The monoisotopic (exact) mass is 267 g/mol. The summed E-state index contributed by atoms with van der Waals surface area (Å²) in [6, 6.07) is 0.293. The third-order valence-electron chi connectivity index (χ3n) is 5.96. The average Bonchev–Trinajstić information content (AvgIpc) is 2.81. The molecular weight excluding hydrogens is 238 g/mol. The molecule has 110 valence electrons. The van der Waals surface area contributed by atoms with Crippen LogP contribution in [-0.2, 0) is 9.47 Å². The molecule has 19 heavy (non-hydrogen) atoms. The van der Waals surface area contributed by atoms with Crippen LogP contribution in [0.4, 0.5) is 0 Å². The van der Waals surface area contributed by atoms with Gasteiger partial charge in [0.2, 0.25) is 0 Å². The minimum Gasteiger partial charge on any atom is -0.378 e. The maximum absolute atomic E-state index is 6.53. The zero-order valence-corrected chi connectivity index (χ0v) is 12.3. The van der Waals surface area contributed by atoms with Crippen LogP contribution < -0.4 is 5.73 Å². The van der Waals surface area contributed by atoms with E-state index in [4.69, 9.17) is 15.2 Å². The molecule has 0 amide bonds. The van der Waals surface area contributed by atoms with Gasteiger partial charge in [-0.25, -0.2) is 0 Å². The highest BCUT2D eigenvalue weighted by molar-refractivity contribution is 4.98. The highest BCUT2D eigenvalue weighted by Crippen LogP contribution is 2.45. The van der Waals surface area contributed by atoms with Gasteiger partial charge in [0.05, 0.1) is 11.2 Å². The van der Waals surface area contributed by atoms with Crippen LogP contribution in [0.3, 0.4) is 0 Å². The van der Waals surface area contributed by atoms with Gasteiger partial charge in [-0.05, 0) is 57.3 Å². The van der Waals surface area contributed by atoms with E-state index in [9.17, 15) is 0 Å². The number of hydrogen-bond acceptors (Lipinski definition) is 3. The van der Waals surface area contributed by atoms with Crippen molar-refractivity contribution in [2.75, 3.05) is 13.7 Å². The number of hydrogen-bond donors (Lipinski definition) is 1. The van der Waals surface area contributed by atoms with Crippen molar-refractivity contribution in [2.24, 2.45) is 11.7 Å². The van der Waals surface area contributed by atoms with Crippen LogP contribution in [0, 0.1) is 5.92 Å². The van der Waals surface area contributed by atoms with E-state index in [1.807, 2.05) is 7.11 Å². The summed E-state index contributed by atoms with van der Waals surface area (Å²) in [5, 5.41) is 0. The lowest BCUT2D eigenvalue weighted by Gasteiger charge is -2.46. The molecule has 3 heteroatoms. The van der Waals surface area contributed by atoms with Crippen molar-refractivity contribution in [3.05, 3.63) is 0 Å². The minimum absolute atomic E-state index is 0.112. The maximum atomic E-state index is 6.53. The molecule has 1 spiro atoms. The topological polar surface area (TPSA) is 44.5 Å². The van der Waals surface area contributed by atoms with Gasteiger partial charge in [0.15, 0.2) is 0 Å². The molecule has 0 aromatic heterocycles. The Morgan fingerprint density at radius 3 is 2.53 bits per heavy atom. The number of ether oxygens (including phenoxy) is 2. The Bertz CT molecular complexity index is 302. The molecule has 2 unspecified atom stereocenters. The van der Waals surface area contributed by atoms with E-state index in [1.54, 1.807) is 0 Å². The van der Waals surface area contributed by atoms with E-state index in [-0.39, 0.29) is 11.2 Å². The summed E-state index contributed by atoms with van der Waals surface area (Å²) in [6.45, 7) is 0.915. The smallest absolute Gasteiger partial charge is 0.0693 e. The van der Waals surface area contributed by atoms with Crippen molar-refractivity contribution < 1.29 is 9.47 Å². The fraction of sp³-hybridized carbons (Fsp3) is 1.00. The molecule has 2 aliphatic carbocycles. The van der Waals surface area contributed by atoms with Gasteiger partial charge < -0.3 is 15.2 Å². The molecule has 1 heterocycles. The first kappa shape index (κ1) is 13.8. The standard InChI is InChI=1S/C16H29NO2/c1-18-15(8-4-9-15)12-14(17)13-5-10-19-16(11-13)6-2-3-7-16/h13-14H,2-12,17H2,1H3. The Morgan fingerprint density at radius 2 is 1.95 bits per heavy atom. The molecule has 0 aromatic carbocycles. The maximum Gasteiger partial charge on any atom is 0.0693 e. The molecule has 0 aromatic rings. The number of nitrogens with two attached hydrogens (primary N) is 1. The Kier molecular flexibility index (Phi) is 3.89. The summed E-state index contributed by atoms with van der Waals surface area (Å²) in [5.74, 6) is 0.638. The van der Waals surface area contributed by atoms with Crippen LogP contribution in [0.2, 0.25) is 0 Å². The van der Waals surface area contributed by atoms with Crippen LogP contribution >= 0.6 is 0 Å². The predicted octanol–water partition coefficient (Wildman–Crippen LogP) is 3.01. The van der Waals surface area contributed by atoms with Gasteiger partial charge in [-0.3, -0.25) is 0 Å². The Balaban J connectivity index is 1.58. The van der Waals surface area contributed by atoms with Gasteiger partial charge >= 0.3 is 0 Å². The van der Waals surface area contributed by atoms with E-state index in [0.29, 0.717) is 12.0 Å². The average molecular weight is 267 g/mol. The summed E-state index contributed by atoms with van der Waals surface area (Å²) < 4.78 is 11.9. The van der Waals surface area contributed by atoms with E-state index in [0.717, 1.165) is 19.4 Å². The van der Waals surface area contributed by atoms with E-state index in [2.05, 4.69) is 0 Å². The summed E-state index contributed by atoms with van der Waals surface area (Å²) in [4.78, 5) is 0. The van der Waals surface area contributed by atoms with Crippen LogP contribution in [0.25, 0.3) is 0 Å². The van der Waals surface area contributed by atoms with E-state index >= 15 is 0 Å². The molecule has 0 bridgehead atoms. The Morgan fingerprint density at radius 1 is 1.21 bits per heavy atom. The van der Waals surface area contributed by atoms with Gasteiger partial charge in [-0.2, -0.15) is 0 Å². The molecule has 3 aliphatic rings. The summed E-state index contributed by atoms with van der Waals surface area (Å²) in [5.41, 5.74) is 6.84. The summed E-state index contributed by atoms with van der Waals surface area (Å²) >= 11 is 0. The van der Waals surface area contributed by atoms with E-state index < -0.39 is 0 Å². The van der Waals surface area contributed by atoms with Crippen LogP contribution in [0.15, 0.2) is 0 Å². The molecular formula is C16H29NO2. The molecule has 1 aliphatic heterocycles. The predicted molar refractivity (Wildman–Crippen MR) is 76.1 cm³/mol. The van der Waals surface area contributed by atoms with Crippen LogP contribution in [0.1, 0.15) is 64.2 Å². The number of methoxy groups -OCH3 is 1. The van der Waals surface area contributed by atoms with Crippen molar-refractivity contribution in [3.63, 3.8) is 0 Å². The normalized spacial score (nSPS) is 34.1. The highest BCUT2D eigenvalue weighted by atomic mass is 16.5. The molecule has 2 atom stereocenters. The fourth-order valence-corrected chi connectivity index (χ4v) is 4.46.